The Hall–Kier alpha value is -1.30. The highest BCUT2D eigenvalue weighted by Crippen LogP contribution is 2.20. The van der Waals surface area contributed by atoms with Crippen molar-refractivity contribution in [2.75, 3.05) is 13.1 Å². The van der Waals surface area contributed by atoms with E-state index in [0.29, 0.717) is 18.3 Å². The molecule has 82 valence electrons. The molecular weight excluding hydrogens is 216 g/mol. The number of hydrogen-bond donors (Lipinski definition) is 1. The van der Waals surface area contributed by atoms with Crippen LogP contribution < -0.4 is 4.74 Å². The molecule has 1 fully saturated rings. The van der Waals surface area contributed by atoms with Gasteiger partial charge < -0.3 is 14.7 Å². The molecule has 1 aliphatic rings. The van der Waals surface area contributed by atoms with Crippen LogP contribution in [0, 0.1) is 0 Å². The molecular formula is C9H12N2O3S. The zero-order valence-corrected chi connectivity index (χ0v) is 8.94. The fraction of sp³-hybridized carbons (Fsp3) is 0.556. The van der Waals surface area contributed by atoms with E-state index in [0.717, 1.165) is 12.8 Å². The molecule has 6 heteroatoms. The van der Waals surface area contributed by atoms with E-state index in [2.05, 4.69) is 4.98 Å². The van der Waals surface area contributed by atoms with Gasteiger partial charge in [0.1, 0.15) is 6.10 Å². The lowest BCUT2D eigenvalue weighted by Crippen LogP contribution is -2.41. The number of carbonyl (C=O) groups is 1. The molecule has 0 unspecified atom stereocenters. The summed E-state index contributed by atoms with van der Waals surface area (Å²) in [5.41, 5.74) is 0. The highest BCUT2D eigenvalue weighted by Gasteiger charge is 2.23. The molecule has 0 aromatic carbocycles. The van der Waals surface area contributed by atoms with Crippen molar-refractivity contribution in [1.82, 2.24) is 9.88 Å². The standard InChI is InChI=1S/C9H12N2O3S/c12-9(13)11-4-1-7(2-5-11)14-8-10-3-6-15-8/h3,6-7H,1-2,4-5H2,(H,12,13). The number of hydrogen-bond acceptors (Lipinski definition) is 4. The van der Waals surface area contributed by atoms with Crippen LogP contribution in [0.1, 0.15) is 12.8 Å². The first-order chi connectivity index (χ1) is 7.25. The number of nitrogens with zero attached hydrogens (tertiary/aromatic N) is 2. The van der Waals surface area contributed by atoms with Gasteiger partial charge in [-0.2, -0.15) is 0 Å². The summed E-state index contributed by atoms with van der Waals surface area (Å²) < 4.78 is 5.61. The van der Waals surface area contributed by atoms with Gasteiger partial charge in [-0.3, -0.25) is 0 Å². The maximum atomic E-state index is 10.7. The van der Waals surface area contributed by atoms with Gasteiger partial charge >= 0.3 is 6.09 Å². The number of piperidine rings is 1. The molecule has 15 heavy (non-hydrogen) atoms. The SMILES string of the molecule is O=C(O)N1CCC(Oc2nccs2)CC1. The zero-order chi connectivity index (χ0) is 10.7. The van der Waals surface area contributed by atoms with Crippen LogP contribution in [0.5, 0.6) is 5.19 Å². The quantitative estimate of drug-likeness (QED) is 0.836. The van der Waals surface area contributed by atoms with Crippen molar-refractivity contribution < 1.29 is 14.6 Å². The smallest absolute Gasteiger partial charge is 0.407 e. The molecule has 0 aliphatic carbocycles. The number of likely N-dealkylation sites (tertiary alicyclic amines) is 1. The molecule has 1 aliphatic heterocycles. The molecule has 1 N–H and O–H groups in total. The third-order valence-corrected chi connectivity index (χ3v) is 3.05. The lowest BCUT2D eigenvalue weighted by atomic mass is 10.1. The second-order valence-electron chi connectivity index (χ2n) is 3.38. The van der Waals surface area contributed by atoms with Crippen LogP contribution in [0.25, 0.3) is 0 Å². The van der Waals surface area contributed by atoms with Crippen LogP contribution in [0.3, 0.4) is 0 Å². The lowest BCUT2D eigenvalue weighted by molar-refractivity contribution is 0.0893. The summed E-state index contributed by atoms with van der Waals surface area (Å²) in [5, 5.41) is 11.3. The van der Waals surface area contributed by atoms with Crippen molar-refractivity contribution in [1.29, 1.82) is 0 Å². The first-order valence-corrected chi connectivity index (χ1v) is 5.67. The fourth-order valence-corrected chi connectivity index (χ4v) is 2.13. The molecule has 0 radical (unpaired) electrons. The summed E-state index contributed by atoms with van der Waals surface area (Å²) in [6.45, 7) is 1.09. The third kappa shape index (κ3) is 2.59. The molecule has 1 aromatic rings. The zero-order valence-electron chi connectivity index (χ0n) is 8.13. The number of thiazole rings is 1. The predicted molar refractivity (Wildman–Crippen MR) is 55.4 cm³/mol. The first-order valence-electron chi connectivity index (χ1n) is 4.80. The number of rotatable bonds is 2. The minimum absolute atomic E-state index is 0.103. The van der Waals surface area contributed by atoms with E-state index in [1.165, 1.54) is 16.2 Å². The summed E-state index contributed by atoms with van der Waals surface area (Å²) in [6, 6.07) is 0. The summed E-state index contributed by atoms with van der Waals surface area (Å²) in [5.74, 6) is 0. The van der Waals surface area contributed by atoms with Crippen LogP contribution >= 0.6 is 11.3 Å². The van der Waals surface area contributed by atoms with E-state index in [-0.39, 0.29) is 6.10 Å². The van der Waals surface area contributed by atoms with Crippen molar-refractivity contribution >= 4 is 17.4 Å². The molecule has 2 heterocycles. The molecule has 2 rings (SSSR count). The van der Waals surface area contributed by atoms with Gasteiger partial charge in [0.05, 0.1) is 0 Å². The Morgan fingerprint density at radius 2 is 2.33 bits per heavy atom. The summed E-state index contributed by atoms with van der Waals surface area (Å²) in [6.07, 6.45) is 2.44. The van der Waals surface area contributed by atoms with E-state index < -0.39 is 6.09 Å². The summed E-state index contributed by atoms with van der Waals surface area (Å²) >= 11 is 1.46. The Labute approximate surface area is 91.3 Å². The van der Waals surface area contributed by atoms with Gasteiger partial charge in [0, 0.05) is 37.5 Å². The van der Waals surface area contributed by atoms with Crippen LogP contribution in [0.4, 0.5) is 4.79 Å². The van der Waals surface area contributed by atoms with Crippen molar-refractivity contribution in [3.05, 3.63) is 11.6 Å². The van der Waals surface area contributed by atoms with Gasteiger partial charge in [0.15, 0.2) is 0 Å². The maximum absolute atomic E-state index is 10.7. The van der Waals surface area contributed by atoms with Gasteiger partial charge in [-0.25, -0.2) is 9.78 Å². The van der Waals surface area contributed by atoms with Gasteiger partial charge in [-0.15, -0.1) is 0 Å². The molecule has 1 saturated heterocycles. The van der Waals surface area contributed by atoms with Gasteiger partial charge in [-0.05, 0) is 0 Å². The Morgan fingerprint density at radius 3 is 2.87 bits per heavy atom. The number of ether oxygens (including phenoxy) is 1. The van der Waals surface area contributed by atoms with E-state index >= 15 is 0 Å². The Morgan fingerprint density at radius 1 is 1.60 bits per heavy atom. The summed E-state index contributed by atoms with van der Waals surface area (Å²) in [4.78, 5) is 16.1. The normalized spacial score (nSPS) is 17.7. The highest BCUT2D eigenvalue weighted by atomic mass is 32.1. The second kappa shape index (κ2) is 4.48. The Balaban J connectivity index is 1.81. The molecule has 1 amide bonds. The molecule has 0 saturated carbocycles. The highest BCUT2D eigenvalue weighted by molar-refractivity contribution is 7.11. The average Bonchev–Trinajstić information content (AvgIpc) is 2.71. The van der Waals surface area contributed by atoms with Crippen LogP contribution in [0.15, 0.2) is 11.6 Å². The Kier molecular flexibility index (Phi) is 3.05. The van der Waals surface area contributed by atoms with E-state index in [9.17, 15) is 4.79 Å². The average molecular weight is 228 g/mol. The van der Waals surface area contributed by atoms with Gasteiger partial charge in [0.2, 0.25) is 0 Å². The molecule has 0 atom stereocenters. The van der Waals surface area contributed by atoms with Crippen LogP contribution in [0.2, 0.25) is 0 Å². The number of aromatic nitrogens is 1. The third-order valence-electron chi connectivity index (χ3n) is 2.39. The monoisotopic (exact) mass is 228 g/mol. The maximum Gasteiger partial charge on any atom is 0.407 e. The number of amides is 1. The minimum atomic E-state index is -0.845. The summed E-state index contributed by atoms with van der Waals surface area (Å²) in [7, 11) is 0. The van der Waals surface area contributed by atoms with E-state index in [1.54, 1.807) is 6.20 Å². The van der Waals surface area contributed by atoms with Crippen molar-refractivity contribution in [3.8, 4) is 5.19 Å². The second-order valence-corrected chi connectivity index (χ2v) is 4.24. The van der Waals surface area contributed by atoms with E-state index in [1.807, 2.05) is 5.38 Å². The minimum Gasteiger partial charge on any atom is -0.467 e. The predicted octanol–water partition coefficient (Wildman–Crippen LogP) is 1.66. The topological polar surface area (TPSA) is 62.7 Å². The van der Waals surface area contributed by atoms with Gasteiger partial charge in [-0.1, -0.05) is 11.3 Å². The van der Waals surface area contributed by atoms with Crippen LogP contribution in [-0.2, 0) is 0 Å². The molecule has 0 spiro atoms. The van der Waals surface area contributed by atoms with Crippen molar-refractivity contribution in [2.45, 2.75) is 18.9 Å². The Bertz CT molecular complexity index is 320. The molecule has 1 aromatic heterocycles. The van der Waals surface area contributed by atoms with Crippen LogP contribution in [-0.4, -0.2) is 40.3 Å². The first kappa shape index (κ1) is 10.2. The van der Waals surface area contributed by atoms with Crippen molar-refractivity contribution in [2.24, 2.45) is 0 Å². The van der Waals surface area contributed by atoms with E-state index in [4.69, 9.17) is 9.84 Å². The molecule has 0 bridgehead atoms. The van der Waals surface area contributed by atoms with Crippen molar-refractivity contribution in [3.63, 3.8) is 0 Å². The van der Waals surface area contributed by atoms with Gasteiger partial charge in [0.25, 0.3) is 5.19 Å². The molecule has 5 nitrogen and oxygen atoms in total. The fourth-order valence-electron chi connectivity index (χ4n) is 1.58. The number of carboxylic acid groups (broad SMARTS) is 1. The largest absolute Gasteiger partial charge is 0.467 e. The lowest BCUT2D eigenvalue weighted by Gasteiger charge is -2.29.